The minimum atomic E-state index is 0. The summed E-state index contributed by atoms with van der Waals surface area (Å²) in [5.41, 5.74) is 0. The van der Waals surface area contributed by atoms with Gasteiger partial charge in [-0.2, -0.15) is 0 Å². The number of alkyl halides is 2. The number of hydrogen-bond acceptors (Lipinski definition) is 0. The van der Waals surface area contributed by atoms with Crippen LogP contribution in [-0.2, 0) is 0 Å². The molecule has 0 radical (unpaired) electrons. The molecule has 0 amide bonds. The largest absolute Gasteiger partial charge is 2.00 e. The molecule has 3 heteroatoms. The molecule has 0 aliphatic carbocycles. The molecule has 30 valence electrons. The fraction of sp³-hybridized carbons (Fsp3) is 1.00. The molecule has 0 saturated carbocycles. The van der Waals surface area contributed by atoms with Crippen LogP contribution in [0.15, 0.2) is 0 Å². The average Bonchev–Trinajstić information content (AvgIpc) is 1.37. The van der Waals surface area contributed by atoms with Crippen LogP contribution >= 0.6 is 31.9 Å². The summed E-state index contributed by atoms with van der Waals surface area (Å²) in [6, 6.07) is 0. The van der Waals surface area contributed by atoms with Gasteiger partial charge in [-0.05, 0) is 0 Å². The molecule has 5 heavy (non-hydrogen) atoms. The van der Waals surface area contributed by atoms with Crippen LogP contribution in [-0.4, -0.2) is 33.7 Å². The molecule has 0 aromatic carbocycles. The van der Waals surface area contributed by atoms with Gasteiger partial charge in [-0.3, -0.25) is 0 Å². The van der Waals surface area contributed by atoms with Gasteiger partial charge in [0.05, 0.1) is 0 Å². The summed E-state index contributed by atoms with van der Waals surface area (Å²) >= 11 is 6.40. The van der Waals surface area contributed by atoms with E-state index in [1.807, 2.05) is 0 Å². The zero-order valence-corrected chi connectivity index (χ0v) is 7.46. The summed E-state index contributed by atoms with van der Waals surface area (Å²) in [5, 5.41) is 2.10. The standard InChI is InChI=1S/C2H4Br2.Mg.2H/c3-1-2-4;;;/h1-2H2;;;/q;+2;2*-1. The summed E-state index contributed by atoms with van der Waals surface area (Å²) in [7, 11) is 0. The van der Waals surface area contributed by atoms with Crippen molar-refractivity contribution in [3.8, 4) is 0 Å². The Hall–Kier alpha value is 1.73. The van der Waals surface area contributed by atoms with Gasteiger partial charge in [-0.1, -0.05) is 31.9 Å². The third kappa shape index (κ3) is 10.7. The van der Waals surface area contributed by atoms with Crippen molar-refractivity contribution in [1.29, 1.82) is 0 Å². The zero-order valence-electron chi connectivity index (χ0n) is 4.88. The molecule has 0 unspecified atom stereocenters. The van der Waals surface area contributed by atoms with Crippen LogP contribution in [0, 0.1) is 0 Å². The van der Waals surface area contributed by atoms with Crippen molar-refractivity contribution < 1.29 is 2.85 Å². The van der Waals surface area contributed by atoms with Crippen molar-refractivity contribution in [3.05, 3.63) is 0 Å². The van der Waals surface area contributed by atoms with Gasteiger partial charge in [0.2, 0.25) is 0 Å². The van der Waals surface area contributed by atoms with E-state index in [4.69, 9.17) is 0 Å². The van der Waals surface area contributed by atoms with E-state index >= 15 is 0 Å². The zero-order chi connectivity index (χ0) is 3.41. The van der Waals surface area contributed by atoms with Gasteiger partial charge in [0.15, 0.2) is 0 Å². The Bertz CT molecular complexity index is 15.7. The van der Waals surface area contributed by atoms with Gasteiger partial charge in [-0.15, -0.1) is 0 Å². The van der Waals surface area contributed by atoms with E-state index in [9.17, 15) is 0 Å². The van der Waals surface area contributed by atoms with E-state index in [0.29, 0.717) is 0 Å². The molecule has 0 aliphatic heterocycles. The number of rotatable bonds is 1. The van der Waals surface area contributed by atoms with Crippen molar-refractivity contribution in [1.82, 2.24) is 0 Å². The minimum absolute atomic E-state index is 0. The van der Waals surface area contributed by atoms with E-state index in [-0.39, 0.29) is 25.9 Å². The summed E-state index contributed by atoms with van der Waals surface area (Å²) < 4.78 is 0. The van der Waals surface area contributed by atoms with Gasteiger partial charge in [0.1, 0.15) is 0 Å². The maximum Gasteiger partial charge on any atom is 2.00 e. The van der Waals surface area contributed by atoms with Crippen LogP contribution in [0.5, 0.6) is 0 Å². The molecule has 0 fully saturated rings. The molecule has 0 N–H and O–H groups in total. The van der Waals surface area contributed by atoms with Crippen LogP contribution < -0.4 is 0 Å². The second kappa shape index (κ2) is 9.21. The molecule has 0 nitrogen and oxygen atoms in total. The Balaban J connectivity index is -0.0000000150. The van der Waals surface area contributed by atoms with Crippen molar-refractivity contribution in [2.75, 3.05) is 10.7 Å². The smallest absolute Gasteiger partial charge is 1.00 e. The Labute approximate surface area is 68.1 Å². The molecule has 0 saturated heterocycles. The van der Waals surface area contributed by atoms with Crippen molar-refractivity contribution in [2.24, 2.45) is 0 Å². The Morgan fingerprint density at radius 1 is 1.20 bits per heavy atom. The molecular formula is C2H6Br2Mg. The van der Waals surface area contributed by atoms with Crippen molar-refractivity contribution in [2.45, 2.75) is 0 Å². The molecule has 0 atom stereocenters. The number of halogens is 2. The fourth-order valence-corrected chi connectivity index (χ4v) is 0. The SMILES string of the molecule is BrCCBr.[H-].[H-].[Mg+2]. The van der Waals surface area contributed by atoms with Crippen LogP contribution in [0.4, 0.5) is 0 Å². The first-order valence-electron chi connectivity index (χ1n) is 1.03. The second-order valence-corrected chi connectivity index (χ2v) is 1.96. The average molecular weight is 214 g/mol. The molecule has 0 bridgehead atoms. The maximum atomic E-state index is 3.20. The van der Waals surface area contributed by atoms with Gasteiger partial charge < -0.3 is 2.85 Å². The quantitative estimate of drug-likeness (QED) is 0.459. The van der Waals surface area contributed by atoms with Crippen LogP contribution in [0.2, 0.25) is 0 Å². The summed E-state index contributed by atoms with van der Waals surface area (Å²) in [6.45, 7) is 0. The predicted molar refractivity (Wildman–Crippen MR) is 35.6 cm³/mol. The van der Waals surface area contributed by atoms with E-state index < -0.39 is 0 Å². The van der Waals surface area contributed by atoms with Crippen molar-refractivity contribution >= 4 is 54.9 Å². The van der Waals surface area contributed by atoms with Gasteiger partial charge in [0.25, 0.3) is 0 Å². The van der Waals surface area contributed by atoms with E-state index in [0.717, 1.165) is 10.7 Å². The first-order chi connectivity index (χ1) is 1.91. The fourth-order valence-electron chi connectivity index (χ4n) is 0. The van der Waals surface area contributed by atoms with Gasteiger partial charge >= 0.3 is 23.1 Å². The predicted octanol–water partition coefficient (Wildman–Crippen LogP) is 1.62. The first kappa shape index (κ1) is 9.87. The molecule has 0 rings (SSSR count). The minimum Gasteiger partial charge on any atom is -1.00 e. The summed E-state index contributed by atoms with van der Waals surface area (Å²) in [5.74, 6) is 0. The van der Waals surface area contributed by atoms with Crippen LogP contribution in [0.3, 0.4) is 0 Å². The molecule has 0 aromatic rings. The summed E-state index contributed by atoms with van der Waals surface area (Å²) in [4.78, 5) is 0. The Kier molecular flexibility index (Phi) is 18.2. The topological polar surface area (TPSA) is 0 Å². The van der Waals surface area contributed by atoms with Crippen molar-refractivity contribution in [3.63, 3.8) is 0 Å². The second-order valence-electron chi connectivity index (χ2n) is 0.378. The Morgan fingerprint density at radius 2 is 1.40 bits per heavy atom. The third-order valence-corrected chi connectivity index (χ3v) is 1.93. The van der Waals surface area contributed by atoms with E-state index in [1.165, 1.54) is 0 Å². The summed E-state index contributed by atoms with van der Waals surface area (Å²) in [6.07, 6.45) is 0. The molecule has 0 aromatic heterocycles. The molecule has 0 heterocycles. The normalized spacial score (nSPS) is 6.00. The van der Waals surface area contributed by atoms with Crippen LogP contribution in [0.25, 0.3) is 0 Å². The number of hydrogen-bond donors (Lipinski definition) is 0. The van der Waals surface area contributed by atoms with E-state index in [2.05, 4.69) is 31.9 Å². The van der Waals surface area contributed by atoms with E-state index in [1.54, 1.807) is 0 Å². The first-order valence-corrected chi connectivity index (χ1v) is 3.28. The van der Waals surface area contributed by atoms with Gasteiger partial charge in [-0.25, -0.2) is 0 Å². The molecule has 0 spiro atoms. The monoisotopic (exact) mass is 212 g/mol. The third-order valence-electron chi connectivity index (χ3n) is 0.0714. The Morgan fingerprint density at radius 3 is 1.40 bits per heavy atom. The molecule has 0 aliphatic rings. The van der Waals surface area contributed by atoms with Gasteiger partial charge in [0, 0.05) is 10.7 Å². The maximum absolute atomic E-state index is 3.20. The molecular weight excluding hydrogens is 208 g/mol. The van der Waals surface area contributed by atoms with Crippen LogP contribution in [0.1, 0.15) is 2.85 Å².